The van der Waals surface area contributed by atoms with Crippen molar-refractivity contribution in [3.8, 4) is 11.5 Å². The number of hydrogen-bond acceptors (Lipinski definition) is 9. The number of fused-ring (bicyclic) bond motifs is 5. The molecular formula is C29H39ClN4O8. The molecule has 2 N–H and O–H groups in total. The van der Waals surface area contributed by atoms with Crippen LogP contribution in [0.4, 0.5) is 5.69 Å². The van der Waals surface area contributed by atoms with E-state index in [-0.39, 0.29) is 18.4 Å². The quantitative estimate of drug-likeness (QED) is 0.128. The molecule has 2 aliphatic carbocycles. The van der Waals surface area contributed by atoms with Crippen LogP contribution >= 0.6 is 11.6 Å². The van der Waals surface area contributed by atoms with Gasteiger partial charge in [0.2, 0.25) is 11.7 Å². The second-order valence-electron chi connectivity index (χ2n) is 11.3. The van der Waals surface area contributed by atoms with Gasteiger partial charge in [-0.2, -0.15) is 0 Å². The summed E-state index contributed by atoms with van der Waals surface area (Å²) in [6, 6.07) is 1.08. The van der Waals surface area contributed by atoms with E-state index in [2.05, 4.69) is 4.90 Å². The Kier molecular flexibility index (Phi) is 10.1. The highest BCUT2D eigenvalue weighted by atomic mass is 35.5. The van der Waals surface area contributed by atoms with E-state index < -0.39 is 62.0 Å². The first-order chi connectivity index (χ1) is 20.1. The van der Waals surface area contributed by atoms with Gasteiger partial charge in [0.05, 0.1) is 10.5 Å². The van der Waals surface area contributed by atoms with Crippen LogP contribution in [0.15, 0.2) is 6.07 Å². The van der Waals surface area contributed by atoms with Crippen LogP contribution in [-0.4, -0.2) is 70.2 Å². The third kappa shape index (κ3) is 5.83. The molecular weight excluding hydrogens is 568 g/mol. The van der Waals surface area contributed by atoms with Crippen LogP contribution in [0.1, 0.15) is 88.4 Å². The Balaban J connectivity index is 1.96. The summed E-state index contributed by atoms with van der Waals surface area (Å²) in [6.07, 6.45) is 8.42. The van der Waals surface area contributed by atoms with Crippen molar-refractivity contribution in [1.82, 2.24) is 9.80 Å². The highest BCUT2D eigenvalue weighted by molar-refractivity contribution is 6.37. The summed E-state index contributed by atoms with van der Waals surface area (Å²) in [5, 5.41) is 11.5. The Morgan fingerprint density at radius 2 is 1.50 bits per heavy atom. The molecule has 12 nitrogen and oxygen atoms in total. The largest absolute Gasteiger partial charge is 0.423 e. The molecule has 230 valence electrons. The summed E-state index contributed by atoms with van der Waals surface area (Å²) in [5.41, 5.74) is 3.73. The average molecular weight is 607 g/mol. The molecule has 42 heavy (non-hydrogen) atoms. The number of carbonyl (C=O) groups excluding carboxylic acids is 4. The fourth-order valence-corrected chi connectivity index (χ4v) is 7.40. The van der Waals surface area contributed by atoms with E-state index in [1.807, 2.05) is 13.8 Å². The predicted octanol–water partition coefficient (Wildman–Crippen LogP) is 4.24. The molecule has 2 aliphatic heterocycles. The van der Waals surface area contributed by atoms with E-state index in [9.17, 15) is 29.3 Å². The second-order valence-corrected chi connectivity index (χ2v) is 11.7. The van der Waals surface area contributed by atoms with Crippen LogP contribution in [0.5, 0.6) is 11.5 Å². The normalized spacial score (nSPS) is 18.3. The van der Waals surface area contributed by atoms with Crippen molar-refractivity contribution >= 4 is 41.0 Å². The minimum absolute atomic E-state index is 0.107. The minimum Gasteiger partial charge on any atom is -0.416 e. The smallest absolute Gasteiger partial charge is 0.416 e. The van der Waals surface area contributed by atoms with Gasteiger partial charge in [-0.1, -0.05) is 64.0 Å². The number of benzene rings is 1. The molecule has 2 saturated carbocycles. The summed E-state index contributed by atoms with van der Waals surface area (Å²) in [4.78, 5) is 68.1. The SMILES string of the molecule is CCN(CC)CCN(C(=O)c1cc2c(Cl)c([N+](=O)[O-])c1OC(=O)C(=O)O2)C(C(N)=O)(C1CCCCC1)C1CCCCC1. The maximum absolute atomic E-state index is 14.8. The number of halogens is 1. The highest BCUT2D eigenvalue weighted by Crippen LogP contribution is 2.50. The van der Waals surface area contributed by atoms with Crippen LogP contribution in [0, 0.1) is 22.0 Å². The lowest BCUT2D eigenvalue weighted by molar-refractivity contribution is -0.385. The number of nitrogens with two attached hydrogens (primary N) is 1. The number of carbonyl (C=O) groups is 4. The van der Waals surface area contributed by atoms with Crippen LogP contribution in [0.3, 0.4) is 0 Å². The van der Waals surface area contributed by atoms with E-state index in [4.69, 9.17) is 26.8 Å². The van der Waals surface area contributed by atoms with Gasteiger partial charge in [-0.05, 0) is 56.7 Å². The lowest BCUT2D eigenvalue weighted by Crippen LogP contribution is -2.69. The topological polar surface area (TPSA) is 162 Å². The first-order valence-corrected chi connectivity index (χ1v) is 15.2. The fourth-order valence-electron chi connectivity index (χ4n) is 7.16. The molecule has 1 aromatic carbocycles. The van der Waals surface area contributed by atoms with Gasteiger partial charge in [-0.15, -0.1) is 0 Å². The zero-order chi connectivity index (χ0) is 30.6. The number of hydrogen-bond donors (Lipinski definition) is 1. The van der Waals surface area contributed by atoms with Gasteiger partial charge in [0.15, 0.2) is 10.8 Å². The summed E-state index contributed by atoms with van der Waals surface area (Å²) < 4.78 is 10.1. The van der Waals surface area contributed by atoms with Crippen molar-refractivity contribution in [2.45, 2.75) is 83.6 Å². The number of primary amides is 1. The average Bonchev–Trinajstić information content (AvgIpc) is 2.98. The lowest BCUT2D eigenvalue weighted by atomic mass is 9.62. The zero-order valence-corrected chi connectivity index (χ0v) is 25.0. The monoisotopic (exact) mass is 606 g/mol. The zero-order valence-electron chi connectivity index (χ0n) is 24.2. The summed E-state index contributed by atoms with van der Waals surface area (Å²) >= 11 is 6.20. The van der Waals surface area contributed by atoms with Gasteiger partial charge in [-0.3, -0.25) is 19.7 Å². The predicted molar refractivity (Wildman–Crippen MR) is 153 cm³/mol. The molecule has 0 atom stereocenters. The molecule has 5 rings (SSSR count). The number of amides is 2. The van der Waals surface area contributed by atoms with E-state index in [1.54, 1.807) is 0 Å². The van der Waals surface area contributed by atoms with E-state index >= 15 is 0 Å². The number of rotatable bonds is 11. The maximum atomic E-state index is 14.8. The number of ether oxygens (including phenoxy) is 2. The van der Waals surface area contributed by atoms with E-state index in [1.165, 1.54) is 4.90 Å². The molecule has 0 saturated heterocycles. The molecule has 2 heterocycles. The van der Waals surface area contributed by atoms with Crippen molar-refractivity contribution in [2.75, 3.05) is 26.2 Å². The first kappa shape index (κ1) is 31.7. The van der Waals surface area contributed by atoms with Crippen molar-refractivity contribution < 1.29 is 33.6 Å². The number of nitro benzene ring substituents is 1. The number of likely N-dealkylation sites (N-methyl/N-ethyl adjacent to an activating group) is 1. The Hall–Kier alpha value is -3.25. The molecule has 4 aliphatic rings. The molecule has 2 fully saturated rings. The number of nitro groups is 1. The van der Waals surface area contributed by atoms with Crippen molar-refractivity contribution in [2.24, 2.45) is 17.6 Å². The van der Waals surface area contributed by atoms with E-state index in [0.29, 0.717) is 45.3 Å². The second kappa shape index (κ2) is 13.4. The third-order valence-corrected chi connectivity index (χ3v) is 9.58. The third-order valence-electron chi connectivity index (χ3n) is 9.21. The van der Waals surface area contributed by atoms with Crippen molar-refractivity contribution in [3.63, 3.8) is 0 Å². The van der Waals surface area contributed by atoms with Gasteiger partial charge in [0.25, 0.3) is 5.91 Å². The molecule has 0 spiro atoms. The lowest BCUT2D eigenvalue weighted by Gasteiger charge is -2.53. The summed E-state index contributed by atoms with van der Waals surface area (Å²) in [6.45, 7) is 5.90. The van der Waals surface area contributed by atoms with Crippen LogP contribution in [-0.2, 0) is 14.4 Å². The molecule has 0 aromatic heterocycles. The minimum atomic E-state index is -1.53. The van der Waals surface area contributed by atoms with E-state index in [0.717, 1.165) is 44.6 Å². The van der Waals surface area contributed by atoms with Gasteiger partial charge in [0.1, 0.15) is 5.54 Å². The molecule has 1 aromatic rings. The Morgan fingerprint density at radius 3 is 1.98 bits per heavy atom. The first-order valence-electron chi connectivity index (χ1n) is 14.9. The molecule has 2 bridgehead atoms. The molecule has 13 heteroatoms. The van der Waals surface area contributed by atoms with Crippen LogP contribution in [0.25, 0.3) is 0 Å². The van der Waals surface area contributed by atoms with Gasteiger partial charge in [-0.25, -0.2) is 9.59 Å². The standard InChI is InChI=1S/C29H39ClN4O8/c1-3-32(4-2)15-16-33(29(28(31)38,18-11-7-5-8-12-18)19-13-9-6-10-14-19)25(35)20-17-21-22(30)23(34(39)40)24(20)42-27(37)26(36)41-21/h17-19H,3-16H2,1-2H3,(H2,31,38). The van der Waals surface area contributed by atoms with Crippen LogP contribution < -0.4 is 15.2 Å². The molecule has 2 amide bonds. The van der Waals surface area contributed by atoms with Gasteiger partial charge < -0.3 is 25.0 Å². The van der Waals surface area contributed by atoms with Crippen LogP contribution in [0.2, 0.25) is 5.02 Å². The van der Waals surface area contributed by atoms with Gasteiger partial charge in [0, 0.05) is 13.1 Å². The number of esters is 2. The maximum Gasteiger partial charge on any atom is 0.423 e. The molecule has 0 unspecified atom stereocenters. The molecule has 0 radical (unpaired) electrons. The summed E-state index contributed by atoms with van der Waals surface area (Å²) in [5.74, 6) is -6.02. The Bertz CT molecular complexity index is 1220. The Morgan fingerprint density at radius 1 is 0.976 bits per heavy atom. The van der Waals surface area contributed by atoms with Crippen molar-refractivity contribution in [3.05, 3.63) is 26.8 Å². The fraction of sp³-hybridized carbons (Fsp3) is 0.655. The number of nitrogens with zero attached hydrogens (tertiary/aromatic N) is 3. The van der Waals surface area contributed by atoms with Crippen molar-refractivity contribution in [1.29, 1.82) is 0 Å². The van der Waals surface area contributed by atoms with Gasteiger partial charge >= 0.3 is 17.6 Å². The Labute approximate surface area is 249 Å². The summed E-state index contributed by atoms with van der Waals surface area (Å²) in [7, 11) is 0. The highest BCUT2D eigenvalue weighted by Gasteiger charge is 2.56.